The molecule has 0 unspecified atom stereocenters. The van der Waals surface area contributed by atoms with Crippen LogP contribution in [0.4, 0.5) is 0 Å². The molecule has 1 heterocycles. The first-order valence-corrected chi connectivity index (χ1v) is 3.51. The summed E-state index contributed by atoms with van der Waals surface area (Å²) in [5.41, 5.74) is -1.14. The molecule has 0 saturated heterocycles. The molecule has 2 N–H and O–H groups in total. The van der Waals surface area contributed by atoms with Crippen LogP contribution in [0.25, 0.3) is 0 Å². The topological polar surface area (TPSA) is 92.2 Å². The highest BCUT2D eigenvalue weighted by molar-refractivity contribution is 5.69. The van der Waals surface area contributed by atoms with Crippen LogP contribution >= 0.6 is 0 Å². The summed E-state index contributed by atoms with van der Waals surface area (Å²) >= 11 is 0. The molecule has 6 heteroatoms. The molecule has 0 aromatic carbocycles. The van der Waals surface area contributed by atoms with Crippen molar-refractivity contribution in [3.63, 3.8) is 0 Å². The quantitative estimate of drug-likeness (QED) is 0.597. The number of rotatable bonds is 2. The Hall–Kier alpha value is -1.85. The predicted octanol–water partition coefficient (Wildman–Crippen LogP) is -1.30. The van der Waals surface area contributed by atoms with Crippen molar-refractivity contribution in [1.82, 2.24) is 9.55 Å². The molecule has 0 aliphatic heterocycles. The van der Waals surface area contributed by atoms with Gasteiger partial charge in [-0.15, -0.1) is 0 Å². The minimum atomic E-state index is -1.11. The van der Waals surface area contributed by atoms with Crippen LogP contribution in [-0.2, 0) is 18.3 Å². The van der Waals surface area contributed by atoms with Crippen LogP contribution < -0.4 is 11.2 Å². The van der Waals surface area contributed by atoms with Crippen LogP contribution in [0.15, 0.2) is 15.8 Å². The van der Waals surface area contributed by atoms with E-state index in [1.165, 1.54) is 13.2 Å². The minimum absolute atomic E-state index is 0.0644. The zero-order chi connectivity index (χ0) is 10.0. The number of nitrogens with zero attached hydrogens (tertiary/aromatic N) is 1. The van der Waals surface area contributed by atoms with Crippen LogP contribution in [-0.4, -0.2) is 20.6 Å². The van der Waals surface area contributed by atoms with Gasteiger partial charge in [0.1, 0.15) is 0 Å². The van der Waals surface area contributed by atoms with Crippen LogP contribution in [0.1, 0.15) is 5.56 Å². The SMILES string of the molecule is Cn1cc(CC(=O)O)c(=O)[nH]c1=O. The van der Waals surface area contributed by atoms with Crippen LogP contribution in [0.5, 0.6) is 0 Å². The zero-order valence-electron chi connectivity index (χ0n) is 6.90. The summed E-state index contributed by atoms with van der Waals surface area (Å²) in [5, 5.41) is 8.41. The smallest absolute Gasteiger partial charge is 0.328 e. The zero-order valence-corrected chi connectivity index (χ0v) is 6.90. The van der Waals surface area contributed by atoms with Gasteiger partial charge in [0.05, 0.1) is 6.42 Å². The summed E-state index contributed by atoms with van der Waals surface area (Å²) in [6, 6.07) is 0. The Morgan fingerprint density at radius 1 is 1.62 bits per heavy atom. The van der Waals surface area contributed by atoms with E-state index in [-0.39, 0.29) is 12.0 Å². The molecule has 70 valence electrons. The van der Waals surface area contributed by atoms with Crippen LogP contribution in [0, 0.1) is 0 Å². The number of nitrogens with one attached hydrogen (secondary N) is 1. The van der Waals surface area contributed by atoms with Crippen molar-refractivity contribution in [3.8, 4) is 0 Å². The third-order valence-corrected chi connectivity index (χ3v) is 1.52. The molecule has 0 saturated carbocycles. The molecule has 0 spiro atoms. The number of carboxylic acid groups (broad SMARTS) is 1. The van der Waals surface area contributed by atoms with Gasteiger partial charge in [0.15, 0.2) is 0 Å². The first-order valence-electron chi connectivity index (χ1n) is 3.51. The molecular formula is C7H8N2O4. The maximum atomic E-state index is 11.0. The fourth-order valence-electron chi connectivity index (χ4n) is 0.905. The molecule has 0 amide bonds. The number of aromatic nitrogens is 2. The normalized spacial score (nSPS) is 9.92. The van der Waals surface area contributed by atoms with E-state index in [1.807, 2.05) is 4.98 Å². The molecule has 0 fully saturated rings. The van der Waals surface area contributed by atoms with E-state index in [9.17, 15) is 14.4 Å². The Morgan fingerprint density at radius 2 is 2.23 bits per heavy atom. The molecule has 0 bridgehead atoms. The van der Waals surface area contributed by atoms with Gasteiger partial charge in [-0.3, -0.25) is 14.6 Å². The lowest BCUT2D eigenvalue weighted by Gasteiger charge is -1.98. The van der Waals surface area contributed by atoms with Crippen LogP contribution in [0.3, 0.4) is 0 Å². The number of carboxylic acids is 1. The Bertz CT molecular complexity index is 443. The molecule has 0 radical (unpaired) electrons. The summed E-state index contributed by atoms with van der Waals surface area (Å²) in [6.07, 6.45) is 0.832. The number of aryl methyl sites for hydroxylation is 1. The maximum Gasteiger partial charge on any atom is 0.328 e. The van der Waals surface area contributed by atoms with E-state index in [2.05, 4.69) is 0 Å². The molecule has 13 heavy (non-hydrogen) atoms. The van der Waals surface area contributed by atoms with Crippen molar-refractivity contribution in [2.45, 2.75) is 6.42 Å². The molecule has 1 aromatic rings. The van der Waals surface area contributed by atoms with E-state index in [0.717, 1.165) is 4.57 Å². The highest BCUT2D eigenvalue weighted by Crippen LogP contribution is 1.87. The van der Waals surface area contributed by atoms with Gasteiger partial charge in [-0.2, -0.15) is 0 Å². The van der Waals surface area contributed by atoms with Crippen molar-refractivity contribution in [1.29, 1.82) is 0 Å². The van der Waals surface area contributed by atoms with Crippen molar-refractivity contribution in [2.24, 2.45) is 7.05 Å². The molecule has 0 atom stereocenters. The average Bonchev–Trinajstić information content (AvgIpc) is 1.99. The number of carbonyl (C=O) groups is 1. The van der Waals surface area contributed by atoms with Gasteiger partial charge in [0.25, 0.3) is 5.56 Å². The standard InChI is InChI=1S/C7H8N2O4/c1-9-3-4(2-5(10)11)6(12)8-7(9)13/h3H,2H2,1H3,(H,10,11)(H,8,12,13). The van der Waals surface area contributed by atoms with Gasteiger partial charge in [-0.1, -0.05) is 0 Å². The Labute approximate surface area is 72.5 Å². The third-order valence-electron chi connectivity index (χ3n) is 1.52. The highest BCUT2D eigenvalue weighted by atomic mass is 16.4. The molecule has 1 rings (SSSR count). The summed E-state index contributed by atoms with van der Waals surface area (Å²) < 4.78 is 1.12. The Kier molecular flexibility index (Phi) is 2.32. The number of hydrogen-bond donors (Lipinski definition) is 2. The van der Waals surface area contributed by atoms with Gasteiger partial charge >= 0.3 is 11.7 Å². The molecular weight excluding hydrogens is 176 g/mol. The lowest BCUT2D eigenvalue weighted by atomic mass is 10.2. The Morgan fingerprint density at radius 3 is 2.77 bits per heavy atom. The maximum absolute atomic E-state index is 11.0. The summed E-state index contributed by atoms with van der Waals surface area (Å²) in [7, 11) is 1.43. The summed E-state index contributed by atoms with van der Waals surface area (Å²) in [6.45, 7) is 0. The first kappa shape index (κ1) is 9.24. The van der Waals surface area contributed by atoms with Crippen molar-refractivity contribution in [2.75, 3.05) is 0 Å². The molecule has 6 nitrogen and oxygen atoms in total. The van der Waals surface area contributed by atoms with Crippen molar-refractivity contribution in [3.05, 3.63) is 32.6 Å². The average molecular weight is 184 g/mol. The number of H-pyrrole nitrogens is 1. The van der Waals surface area contributed by atoms with Crippen LogP contribution in [0.2, 0.25) is 0 Å². The fourth-order valence-corrected chi connectivity index (χ4v) is 0.905. The fraction of sp³-hybridized carbons (Fsp3) is 0.286. The summed E-state index contributed by atoms with van der Waals surface area (Å²) in [5.74, 6) is -1.11. The monoisotopic (exact) mass is 184 g/mol. The highest BCUT2D eigenvalue weighted by Gasteiger charge is 2.06. The third kappa shape index (κ3) is 2.05. The first-order chi connectivity index (χ1) is 6.00. The van der Waals surface area contributed by atoms with E-state index in [4.69, 9.17) is 5.11 Å². The lowest BCUT2D eigenvalue weighted by Crippen LogP contribution is -2.30. The number of aromatic amines is 1. The van der Waals surface area contributed by atoms with Gasteiger partial charge in [-0.05, 0) is 0 Å². The predicted molar refractivity (Wildman–Crippen MR) is 43.6 cm³/mol. The Balaban J connectivity index is 3.24. The van der Waals surface area contributed by atoms with Gasteiger partial charge in [0, 0.05) is 18.8 Å². The second-order valence-corrected chi connectivity index (χ2v) is 2.60. The lowest BCUT2D eigenvalue weighted by molar-refractivity contribution is -0.136. The summed E-state index contributed by atoms with van der Waals surface area (Å²) in [4.78, 5) is 34.1. The molecule has 1 aromatic heterocycles. The second-order valence-electron chi connectivity index (χ2n) is 2.60. The van der Waals surface area contributed by atoms with Gasteiger partial charge in [-0.25, -0.2) is 4.79 Å². The molecule has 0 aliphatic carbocycles. The number of aliphatic carboxylic acids is 1. The largest absolute Gasteiger partial charge is 0.481 e. The molecule has 0 aliphatic rings. The van der Waals surface area contributed by atoms with E-state index < -0.39 is 17.2 Å². The number of hydrogen-bond acceptors (Lipinski definition) is 3. The second kappa shape index (κ2) is 3.26. The van der Waals surface area contributed by atoms with E-state index in [0.29, 0.717) is 0 Å². The minimum Gasteiger partial charge on any atom is -0.481 e. The van der Waals surface area contributed by atoms with Gasteiger partial charge in [0.2, 0.25) is 0 Å². The van der Waals surface area contributed by atoms with E-state index in [1.54, 1.807) is 0 Å². The van der Waals surface area contributed by atoms with Crippen molar-refractivity contribution >= 4 is 5.97 Å². The van der Waals surface area contributed by atoms with Crippen molar-refractivity contribution < 1.29 is 9.90 Å². The van der Waals surface area contributed by atoms with Gasteiger partial charge < -0.3 is 9.67 Å². The van der Waals surface area contributed by atoms with E-state index >= 15 is 0 Å².